The average molecular weight is 524 g/mol. The SMILES string of the molecule is C=C1NC(=O)C([C@@H]2O[C@H](COP(=O)(O)OP(=O)(O)OP(=O)(O)O)C(O)[C@@H]2O)=CN1CCC. The van der Waals surface area contributed by atoms with E-state index in [4.69, 9.17) is 19.4 Å². The third kappa shape index (κ3) is 7.27. The standard InChI is InChI=1S/C13H23N2O14P3/c1-3-4-15-5-8(13(18)14-7(15)2)12-11(17)10(16)9(27-12)6-26-31(22,23)29-32(24,25)28-30(19,20)21/h5,9-12,16-17H,2-4,6H2,1H3,(H,14,18)(H,22,23)(H,24,25)(H2,19,20,21)/t9-,10?,11+,12+/m1/s1. The summed E-state index contributed by atoms with van der Waals surface area (Å²) >= 11 is 0. The van der Waals surface area contributed by atoms with Crippen LogP contribution < -0.4 is 5.32 Å². The number of phosphoric ester groups is 1. The van der Waals surface area contributed by atoms with Gasteiger partial charge >= 0.3 is 23.5 Å². The number of aliphatic hydroxyl groups is 2. The molecule has 7 N–H and O–H groups in total. The lowest BCUT2D eigenvalue weighted by Crippen LogP contribution is -2.44. The minimum Gasteiger partial charge on any atom is -0.387 e. The normalized spacial score (nSPS) is 30.5. The summed E-state index contributed by atoms with van der Waals surface area (Å²) < 4.78 is 50.7. The molecule has 0 aromatic heterocycles. The molecule has 32 heavy (non-hydrogen) atoms. The molecule has 0 aromatic rings. The monoisotopic (exact) mass is 524 g/mol. The van der Waals surface area contributed by atoms with Crippen molar-refractivity contribution in [2.75, 3.05) is 13.2 Å². The fourth-order valence-corrected chi connectivity index (χ4v) is 5.87. The molecular weight excluding hydrogens is 501 g/mol. The van der Waals surface area contributed by atoms with Gasteiger partial charge in [-0.1, -0.05) is 13.5 Å². The van der Waals surface area contributed by atoms with Gasteiger partial charge in [0.05, 0.1) is 12.2 Å². The fraction of sp³-hybridized carbons (Fsp3) is 0.615. The summed E-state index contributed by atoms with van der Waals surface area (Å²) in [7, 11) is -16.7. The third-order valence-corrected chi connectivity index (χ3v) is 7.92. The van der Waals surface area contributed by atoms with Gasteiger partial charge in [0, 0.05) is 12.7 Å². The van der Waals surface area contributed by atoms with Crippen LogP contribution >= 0.6 is 23.5 Å². The molecule has 6 atom stereocenters. The second kappa shape index (κ2) is 10.1. The molecule has 184 valence electrons. The zero-order valence-corrected chi connectivity index (χ0v) is 19.1. The number of carbonyl (C=O) groups excluding carboxylic acids is 1. The van der Waals surface area contributed by atoms with Gasteiger partial charge in [-0.15, -0.1) is 0 Å². The van der Waals surface area contributed by atoms with Gasteiger partial charge in [-0.05, 0) is 6.42 Å². The Hall–Kier alpha value is -0.960. The van der Waals surface area contributed by atoms with Crippen molar-refractivity contribution in [1.29, 1.82) is 0 Å². The van der Waals surface area contributed by atoms with E-state index in [0.717, 1.165) is 0 Å². The molecule has 0 spiro atoms. The highest BCUT2D eigenvalue weighted by Gasteiger charge is 2.48. The Morgan fingerprint density at radius 1 is 1.12 bits per heavy atom. The van der Waals surface area contributed by atoms with Crippen molar-refractivity contribution in [3.63, 3.8) is 0 Å². The van der Waals surface area contributed by atoms with Gasteiger partial charge in [0.15, 0.2) is 0 Å². The van der Waals surface area contributed by atoms with E-state index in [0.29, 0.717) is 13.0 Å². The lowest BCUT2D eigenvalue weighted by molar-refractivity contribution is -0.120. The molecule has 19 heteroatoms. The number of rotatable bonds is 10. The van der Waals surface area contributed by atoms with Crippen LogP contribution in [0.4, 0.5) is 0 Å². The predicted molar refractivity (Wildman–Crippen MR) is 103 cm³/mol. The molecule has 2 rings (SSSR count). The molecular formula is C13H23N2O14P3. The fourth-order valence-electron chi connectivity index (χ4n) is 2.84. The van der Waals surface area contributed by atoms with Crippen LogP contribution in [0.15, 0.2) is 24.2 Å². The highest BCUT2D eigenvalue weighted by atomic mass is 31.3. The molecule has 16 nitrogen and oxygen atoms in total. The van der Waals surface area contributed by atoms with Crippen LogP contribution in [0.5, 0.6) is 0 Å². The molecule has 2 heterocycles. The maximum atomic E-state index is 12.3. The van der Waals surface area contributed by atoms with Crippen molar-refractivity contribution < 1.29 is 66.2 Å². The van der Waals surface area contributed by atoms with Crippen LogP contribution in [0.2, 0.25) is 0 Å². The highest BCUT2D eigenvalue weighted by molar-refractivity contribution is 7.66. The number of aliphatic hydroxyl groups excluding tert-OH is 2. The Bertz CT molecular complexity index is 918. The maximum Gasteiger partial charge on any atom is 0.490 e. The molecule has 0 saturated carbocycles. The van der Waals surface area contributed by atoms with Crippen LogP contribution in [0.3, 0.4) is 0 Å². The van der Waals surface area contributed by atoms with Crippen molar-refractivity contribution in [2.45, 2.75) is 37.8 Å². The molecule has 2 aliphatic rings. The predicted octanol–water partition coefficient (Wildman–Crippen LogP) is -0.984. The van der Waals surface area contributed by atoms with Crippen LogP contribution in [0.25, 0.3) is 0 Å². The number of amides is 1. The zero-order chi connectivity index (χ0) is 24.5. The second-order valence-electron chi connectivity index (χ2n) is 6.64. The third-order valence-electron chi connectivity index (χ3n) is 4.11. The van der Waals surface area contributed by atoms with Crippen LogP contribution in [-0.4, -0.2) is 78.2 Å². The summed E-state index contributed by atoms with van der Waals surface area (Å²) in [6.45, 7) is 5.05. The Labute approximate surface area is 181 Å². The van der Waals surface area contributed by atoms with E-state index < -0.39 is 60.4 Å². The molecule has 1 saturated heterocycles. The summed E-state index contributed by atoms with van der Waals surface area (Å²) in [5.41, 5.74) is -0.0711. The van der Waals surface area contributed by atoms with Gasteiger partial charge < -0.3 is 44.7 Å². The molecule has 1 fully saturated rings. The molecule has 0 aromatic carbocycles. The smallest absolute Gasteiger partial charge is 0.387 e. The van der Waals surface area contributed by atoms with Gasteiger partial charge in [-0.3, -0.25) is 9.32 Å². The Morgan fingerprint density at radius 2 is 1.75 bits per heavy atom. The largest absolute Gasteiger partial charge is 0.490 e. The Morgan fingerprint density at radius 3 is 2.31 bits per heavy atom. The van der Waals surface area contributed by atoms with E-state index in [1.807, 2.05) is 6.92 Å². The van der Waals surface area contributed by atoms with Crippen molar-refractivity contribution in [1.82, 2.24) is 10.2 Å². The van der Waals surface area contributed by atoms with E-state index >= 15 is 0 Å². The van der Waals surface area contributed by atoms with Crippen molar-refractivity contribution in [3.8, 4) is 0 Å². The number of hydrogen-bond acceptors (Lipinski definition) is 11. The summed E-state index contributed by atoms with van der Waals surface area (Å²) in [5.74, 6) is -0.370. The number of ether oxygens (including phenoxy) is 1. The van der Waals surface area contributed by atoms with Gasteiger partial charge in [0.25, 0.3) is 5.91 Å². The van der Waals surface area contributed by atoms with Crippen molar-refractivity contribution in [3.05, 3.63) is 24.2 Å². The molecule has 0 bridgehead atoms. The van der Waals surface area contributed by atoms with Gasteiger partial charge in [0.2, 0.25) is 0 Å². The summed E-state index contributed by atoms with van der Waals surface area (Å²) in [5, 5.41) is 22.9. The number of nitrogens with one attached hydrogen (secondary N) is 1. The number of phosphoric acid groups is 3. The molecule has 2 aliphatic heterocycles. The number of carbonyl (C=O) groups is 1. The molecule has 0 radical (unpaired) electrons. The summed E-state index contributed by atoms with van der Waals surface area (Å²) in [6.07, 6.45) is -4.18. The lowest BCUT2D eigenvalue weighted by atomic mass is 10.0. The van der Waals surface area contributed by atoms with Crippen LogP contribution in [0.1, 0.15) is 13.3 Å². The maximum absolute atomic E-state index is 12.3. The van der Waals surface area contributed by atoms with Gasteiger partial charge in [-0.2, -0.15) is 8.62 Å². The Kier molecular flexibility index (Phi) is 8.63. The molecule has 0 aliphatic carbocycles. The minimum atomic E-state index is -5.72. The van der Waals surface area contributed by atoms with Crippen molar-refractivity contribution in [2.24, 2.45) is 0 Å². The van der Waals surface area contributed by atoms with Gasteiger partial charge in [0.1, 0.15) is 30.2 Å². The van der Waals surface area contributed by atoms with Crippen LogP contribution in [0, 0.1) is 0 Å². The first-order chi connectivity index (χ1) is 14.6. The van der Waals surface area contributed by atoms with Crippen LogP contribution in [-0.2, 0) is 36.4 Å². The zero-order valence-electron chi connectivity index (χ0n) is 16.5. The topological polar surface area (TPSA) is 242 Å². The Balaban J connectivity index is 2.07. The lowest BCUT2D eigenvalue weighted by Gasteiger charge is -2.31. The first-order valence-corrected chi connectivity index (χ1v) is 13.4. The highest BCUT2D eigenvalue weighted by Crippen LogP contribution is 2.66. The second-order valence-corrected chi connectivity index (χ2v) is 11.1. The molecule has 3 unspecified atom stereocenters. The molecule has 1 amide bonds. The number of nitrogens with zero attached hydrogens (tertiary/aromatic N) is 1. The van der Waals surface area contributed by atoms with E-state index in [1.54, 1.807) is 4.90 Å². The van der Waals surface area contributed by atoms with Crippen molar-refractivity contribution >= 4 is 29.4 Å². The summed E-state index contributed by atoms with van der Waals surface area (Å²) in [4.78, 5) is 49.5. The average Bonchev–Trinajstić information content (AvgIpc) is 2.87. The van der Waals surface area contributed by atoms with E-state index in [9.17, 15) is 33.6 Å². The van der Waals surface area contributed by atoms with E-state index in [1.165, 1.54) is 6.20 Å². The van der Waals surface area contributed by atoms with Gasteiger partial charge in [-0.25, -0.2) is 13.7 Å². The summed E-state index contributed by atoms with van der Waals surface area (Å²) in [6, 6.07) is 0. The van der Waals surface area contributed by atoms with E-state index in [-0.39, 0.29) is 11.4 Å². The minimum absolute atomic E-state index is 0.0711. The quantitative estimate of drug-likeness (QED) is 0.170. The van der Waals surface area contributed by atoms with E-state index in [2.05, 4.69) is 25.0 Å². The first-order valence-electron chi connectivity index (χ1n) is 8.84. The first kappa shape index (κ1) is 27.3. The number of hydrogen-bond donors (Lipinski definition) is 7.